The minimum atomic E-state index is -1.53. The molecule has 0 unspecified atom stereocenters. The summed E-state index contributed by atoms with van der Waals surface area (Å²) >= 11 is 0. The van der Waals surface area contributed by atoms with Gasteiger partial charge in [0.15, 0.2) is 5.96 Å². The van der Waals surface area contributed by atoms with E-state index in [2.05, 4.69) is 20.9 Å². The van der Waals surface area contributed by atoms with E-state index in [1.54, 1.807) is 13.8 Å². The summed E-state index contributed by atoms with van der Waals surface area (Å²) in [5, 5.41) is 24.7. The van der Waals surface area contributed by atoms with Crippen LogP contribution in [0.2, 0.25) is 0 Å². The number of nitrogens with two attached hydrogens (primary N) is 3. The van der Waals surface area contributed by atoms with Gasteiger partial charge in [-0.25, -0.2) is 4.79 Å². The van der Waals surface area contributed by atoms with Crippen molar-refractivity contribution in [1.82, 2.24) is 16.0 Å². The summed E-state index contributed by atoms with van der Waals surface area (Å²) in [6, 6.07) is -3.73. The molecule has 3 amide bonds. The molecule has 0 saturated carbocycles. The second-order valence-electron chi connectivity index (χ2n) is 7.06. The lowest BCUT2D eigenvalue weighted by Gasteiger charge is -2.22. The molecule has 176 valence electrons. The Morgan fingerprint density at radius 2 is 1.61 bits per heavy atom. The van der Waals surface area contributed by atoms with Gasteiger partial charge >= 0.3 is 11.9 Å². The predicted octanol–water partition coefficient (Wildman–Crippen LogP) is -3.33. The van der Waals surface area contributed by atoms with Gasteiger partial charge in [0.1, 0.15) is 12.1 Å². The normalized spacial score (nSPS) is 13.4. The highest BCUT2D eigenvalue weighted by Gasteiger charge is 2.30. The zero-order chi connectivity index (χ0) is 24.1. The number of carbonyl (C=O) groups is 5. The summed E-state index contributed by atoms with van der Waals surface area (Å²) < 4.78 is 0. The zero-order valence-corrected chi connectivity index (χ0v) is 17.5. The van der Waals surface area contributed by atoms with Crippen LogP contribution in [0.1, 0.15) is 33.1 Å². The van der Waals surface area contributed by atoms with E-state index < -0.39 is 66.7 Å². The van der Waals surface area contributed by atoms with Crippen LogP contribution in [0, 0.1) is 5.92 Å². The lowest BCUT2D eigenvalue weighted by Crippen LogP contribution is -2.55. The SMILES string of the molecule is CC(C)[C@H](NC(=O)[C@H](CC(=O)O)NC(=O)CNC(=O)[C@H](N)CCCN=C(N)N)C(=O)O. The third kappa shape index (κ3) is 12.0. The number of carbonyl (C=O) groups excluding carboxylic acids is 3. The first-order chi connectivity index (χ1) is 14.3. The van der Waals surface area contributed by atoms with Crippen molar-refractivity contribution in [3.8, 4) is 0 Å². The molecule has 0 rings (SSSR count). The Balaban J connectivity index is 4.75. The molecule has 14 nitrogen and oxygen atoms in total. The highest BCUT2D eigenvalue weighted by Crippen LogP contribution is 2.03. The summed E-state index contributed by atoms with van der Waals surface area (Å²) in [7, 11) is 0. The van der Waals surface area contributed by atoms with Crippen LogP contribution in [0.15, 0.2) is 4.99 Å². The Hall–Kier alpha value is -3.42. The zero-order valence-electron chi connectivity index (χ0n) is 17.5. The predicted molar refractivity (Wildman–Crippen MR) is 109 cm³/mol. The van der Waals surface area contributed by atoms with E-state index in [1.807, 2.05) is 0 Å². The summed E-state index contributed by atoms with van der Waals surface area (Å²) in [5.41, 5.74) is 16.0. The molecule has 11 N–H and O–H groups in total. The number of guanidine groups is 1. The molecule has 0 aliphatic heterocycles. The third-order valence-electron chi connectivity index (χ3n) is 3.99. The highest BCUT2D eigenvalue weighted by molar-refractivity contribution is 5.94. The van der Waals surface area contributed by atoms with Crippen LogP contribution in [0.25, 0.3) is 0 Å². The van der Waals surface area contributed by atoms with Crippen LogP contribution < -0.4 is 33.2 Å². The molecular formula is C17H31N7O7. The fraction of sp³-hybridized carbons (Fsp3) is 0.647. The van der Waals surface area contributed by atoms with Crippen molar-refractivity contribution in [3.63, 3.8) is 0 Å². The third-order valence-corrected chi connectivity index (χ3v) is 3.99. The molecule has 0 aliphatic rings. The number of nitrogens with one attached hydrogen (secondary N) is 3. The quantitative estimate of drug-likeness (QED) is 0.0749. The minimum absolute atomic E-state index is 0.0854. The molecule has 0 bridgehead atoms. The van der Waals surface area contributed by atoms with E-state index in [9.17, 15) is 24.0 Å². The molecule has 0 aromatic heterocycles. The van der Waals surface area contributed by atoms with E-state index in [-0.39, 0.29) is 18.9 Å². The van der Waals surface area contributed by atoms with Crippen molar-refractivity contribution in [1.29, 1.82) is 0 Å². The molecule has 0 radical (unpaired) electrons. The number of hydrogen-bond acceptors (Lipinski definition) is 7. The van der Waals surface area contributed by atoms with Crippen LogP contribution in [-0.2, 0) is 24.0 Å². The number of nitrogens with zero attached hydrogens (tertiary/aromatic N) is 1. The Morgan fingerprint density at radius 3 is 2.10 bits per heavy atom. The summed E-state index contributed by atoms with van der Waals surface area (Å²) in [4.78, 5) is 62.2. The monoisotopic (exact) mass is 445 g/mol. The van der Waals surface area contributed by atoms with Crippen molar-refractivity contribution in [2.75, 3.05) is 13.1 Å². The topological polar surface area (TPSA) is 252 Å². The van der Waals surface area contributed by atoms with Gasteiger partial charge in [0.25, 0.3) is 0 Å². The Bertz CT molecular complexity index is 692. The molecule has 0 saturated heterocycles. The number of aliphatic imine (C=N–C) groups is 1. The van der Waals surface area contributed by atoms with Gasteiger partial charge in [0.2, 0.25) is 17.7 Å². The molecule has 3 atom stereocenters. The lowest BCUT2D eigenvalue weighted by molar-refractivity contribution is -0.144. The average Bonchev–Trinajstić information content (AvgIpc) is 2.65. The van der Waals surface area contributed by atoms with Gasteiger partial charge in [-0.1, -0.05) is 13.8 Å². The Labute approximate surface area is 179 Å². The first kappa shape index (κ1) is 27.6. The number of carboxylic acid groups (broad SMARTS) is 2. The molecule has 0 heterocycles. The van der Waals surface area contributed by atoms with Gasteiger partial charge in [-0.15, -0.1) is 0 Å². The largest absolute Gasteiger partial charge is 0.481 e. The highest BCUT2D eigenvalue weighted by atomic mass is 16.4. The van der Waals surface area contributed by atoms with Crippen LogP contribution >= 0.6 is 0 Å². The fourth-order valence-corrected chi connectivity index (χ4v) is 2.35. The molecule has 0 spiro atoms. The summed E-state index contributed by atoms with van der Waals surface area (Å²) in [6.45, 7) is 2.83. The molecule has 0 aromatic carbocycles. The van der Waals surface area contributed by atoms with Gasteiger partial charge in [0, 0.05) is 6.54 Å². The van der Waals surface area contributed by atoms with Gasteiger partial charge in [-0.2, -0.15) is 0 Å². The number of carboxylic acids is 2. The van der Waals surface area contributed by atoms with E-state index in [4.69, 9.17) is 27.4 Å². The van der Waals surface area contributed by atoms with Gasteiger partial charge in [-0.05, 0) is 18.8 Å². The number of amides is 3. The first-order valence-corrected chi connectivity index (χ1v) is 9.48. The Morgan fingerprint density at radius 1 is 1.00 bits per heavy atom. The van der Waals surface area contributed by atoms with Gasteiger partial charge in [-0.3, -0.25) is 24.2 Å². The van der Waals surface area contributed by atoms with E-state index >= 15 is 0 Å². The molecule has 31 heavy (non-hydrogen) atoms. The standard InChI is InChI=1S/C17H31N7O7/c1-8(2)13(16(30)31)24-15(29)10(6-12(26)27)23-11(25)7-22-14(28)9(18)4-3-5-21-17(19)20/h8-10,13H,3-7,18H2,1-2H3,(H,22,28)(H,23,25)(H,24,29)(H,26,27)(H,30,31)(H4,19,20,21)/t9-,10+,13+/m1/s1. The van der Waals surface area contributed by atoms with Crippen molar-refractivity contribution < 1.29 is 34.2 Å². The van der Waals surface area contributed by atoms with Crippen molar-refractivity contribution in [2.24, 2.45) is 28.1 Å². The lowest BCUT2D eigenvalue weighted by atomic mass is 10.0. The van der Waals surface area contributed by atoms with Crippen molar-refractivity contribution >= 4 is 35.6 Å². The van der Waals surface area contributed by atoms with E-state index in [0.29, 0.717) is 6.42 Å². The maximum absolute atomic E-state index is 12.3. The summed E-state index contributed by atoms with van der Waals surface area (Å²) in [5.74, 6) is -5.70. The van der Waals surface area contributed by atoms with E-state index in [1.165, 1.54) is 0 Å². The van der Waals surface area contributed by atoms with Gasteiger partial charge < -0.3 is 43.4 Å². The second-order valence-corrected chi connectivity index (χ2v) is 7.06. The molecule has 0 aliphatic carbocycles. The van der Waals surface area contributed by atoms with Crippen molar-refractivity contribution in [2.45, 2.75) is 51.2 Å². The Kier molecular flexibility index (Phi) is 12.2. The molecule has 14 heteroatoms. The van der Waals surface area contributed by atoms with Gasteiger partial charge in [0.05, 0.1) is 19.0 Å². The maximum Gasteiger partial charge on any atom is 0.326 e. The van der Waals surface area contributed by atoms with Crippen molar-refractivity contribution in [3.05, 3.63) is 0 Å². The average molecular weight is 445 g/mol. The second kappa shape index (κ2) is 13.7. The molecule has 0 aromatic rings. The smallest absolute Gasteiger partial charge is 0.326 e. The van der Waals surface area contributed by atoms with Crippen LogP contribution in [-0.4, -0.2) is 77.0 Å². The van der Waals surface area contributed by atoms with Crippen LogP contribution in [0.3, 0.4) is 0 Å². The molecule has 0 fully saturated rings. The number of hydrogen-bond donors (Lipinski definition) is 8. The summed E-state index contributed by atoms with van der Waals surface area (Å²) in [6.07, 6.45) is -0.0968. The molecular weight excluding hydrogens is 414 g/mol. The van der Waals surface area contributed by atoms with E-state index in [0.717, 1.165) is 0 Å². The fourth-order valence-electron chi connectivity index (χ4n) is 2.35. The number of rotatable bonds is 14. The first-order valence-electron chi connectivity index (χ1n) is 9.48. The maximum atomic E-state index is 12.3. The van der Waals surface area contributed by atoms with Crippen LogP contribution in [0.5, 0.6) is 0 Å². The van der Waals surface area contributed by atoms with Crippen LogP contribution in [0.4, 0.5) is 0 Å². The minimum Gasteiger partial charge on any atom is -0.481 e. The number of aliphatic carboxylic acids is 2.